The maximum absolute atomic E-state index is 13.5. The normalized spacial score (nSPS) is 11.2. The second-order valence-corrected chi connectivity index (χ2v) is 4.27. The van der Waals surface area contributed by atoms with Crippen molar-refractivity contribution in [2.24, 2.45) is 5.41 Å². The molecule has 0 atom stereocenters. The zero-order valence-electron chi connectivity index (χ0n) is 10.4. The van der Waals surface area contributed by atoms with Gasteiger partial charge in [-0.2, -0.15) is 0 Å². The summed E-state index contributed by atoms with van der Waals surface area (Å²) < 4.78 is 31.7. The molecule has 0 saturated heterocycles. The molecule has 0 N–H and O–H groups in total. The second-order valence-electron chi connectivity index (χ2n) is 4.27. The van der Waals surface area contributed by atoms with Gasteiger partial charge in [0.25, 0.3) is 0 Å². The highest BCUT2D eigenvalue weighted by Gasteiger charge is 2.40. The number of esters is 1. The van der Waals surface area contributed by atoms with Crippen molar-refractivity contribution in [1.29, 1.82) is 0 Å². The molecule has 18 heavy (non-hydrogen) atoms. The van der Waals surface area contributed by atoms with Crippen LogP contribution in [0.5, 0.6) is 0 Å². The van der Waals surface area contributed by atoms with Crippen molar-refractivity contribution in [3.8, 4) is 0 Å². The molecule has 0 aliphatic rings. The minimum absolute atomic E-state index is 0.0926. The van der Waals surface area contributed by atoms with E-state index in [4.69, 9.17) is 4.74 Å². The van der Waals surface area contributed by atoms with Crippen molar-refractivity contribution in [3.63, 3.8) is 0 Å². The Morgan fingerprint density at radius 2 is 1.72 bits per heavy atom. The summed E-state index contributed by atoms with van der Waals surface area (Å²) in [5.41, 5.74) is -2.34. The summed E-state index contributed by atoms with van der Waals surface area (Å²) in [6.45, 7) is 4.23. The quantitative estimate of drug-likeness (QED) is 0.472. The first kappa shape index (κ1) is 14.3. The van der Waals surface area contributed by atoms with E-state index >= 15 is 0 Å². The molecular weight excluding hydrogens is 242 g/mol. The maximum Gasteiger partial charge on any atom is 0.319 e. The first-order valence-corrected chi connectivity index (χ1v) is 5.48. The van der Waals surface area contributed by atoms with Crippen molar-refractivity contribution in [3.05, 3.63) is 35.4 Å². The van der Waals surface area contributed by atoms with E-state index in [0.717, 1.165) is 18.2 Å². The van der Waals surface area contributed by atoms with E-state index in [2.05, 4.69) is 0 Å². The molecule has 3 nitrogen and oxygen atoms in total. The lowest BCUT2D eigenvalue weighted by molar-refractivity contribution is -0.150. The van der Waals surface area contributed by atoms with E-state index < -0.39 is 34.4 Å². The first-order chi connectivity index (χ1) is 8.32. The molecule has 0 aliphatic carbocycles. The number of rotatable bonds is 4. The zero-order valence-corrected chi connectivity index (χ0v) is 10.4. The lowest BCUT2D eigenvalue weighted by Gasteiger charge is -2.21. The Bertz CT molecular complexity index is 461. The van der Waals surface area contributed by atoms with E-state index in [9.17, 15) is 18.4 Å². The molecule has 1 aromatic carbocycles. The maximum atomic E-state index is 13.5. The average Bonchev–Trinajstić information content (AvgIpc) is 2.28. The van der Waals surface area contributed by atoms with Crippen LogP contribution in [0.2, 0.25) is 0 Å². The van der Waals surface area contributed by atoms with Gasteiger partial charge in [0.1, 0.15) is 17.0 Å². The van der Waals surface area contributed by atoms with Gasteiger partial charge in [-0.05, 0) is 32.9 Å². The fraction of sp³-hybridized carbons (Fsp3) is 0.385. The molecule has 1 aromatic rings. The highest BCUT2D eigenvalue weighted by atomic mass is 19.1. The first-order valence-electron chi connectivity index (χ1n) is 5.48. The Morgan fingerprint density at radius 3 is 2.17 bits per heavy atom. The molecule has 0 amide bonds. The summed E-state index contributed by atoms with van der Waals surface area (Å²) >= 11 is 0. The summed E-state index contributed by atoms with van der Waals surface area (Å²) in [5, 5.41) is 0. The Hall–Kier alpha value is -1.78. The van der Waals surface area contributed by atoms with Gasteiger partial charge in [-0.1, -0.05) is 6.07 Å². The minimum Gasteiger partial charge on any atom is -0.465 e. The Balaban J connectivity index is 3.18. The molecule has 0 radical (unpaired) electrons. The fourth-order valence-electron chi connectivity index (χ4n) is 1.43. The lowest BCUT2D eigenvalue weighted by atomic mass is 9.84. The van der Waals surface area contributed by atoms with Crippen LogP contribution in [0.4, 0.5) is 8.78 Å². The van der Waals surface area contributed by atoms with Gasteiger partial charge >= 0.3 is 5.97 Å². The van der Waals surface area contributed by atoms with E-state index in [-0.39, 0.29) is 6.61 Å². The number of Topliss-reactive ketones (excluding diaryl/α,β-unsaturated/α-hetero) is 1. The summed E-state index contributed by atoms with van der Waals surface area (Å²) in [6.07, 6.45) is 0. The molecule has 0 aromatic heterocycles. The standard InChI is InChI=1S/C13H14F2O3/c1-4-18-12(17)13(2,3)11(16)10-8(14)6-5-7-9(10)15/h5-7H,4H2,1-3H3. The fourth-order valence-corrected chi connectivity index (χ4v) is 1.43. The third-order valence-electron chi connectivity index (χ3n) is 2.54. The Kier molecular flexibility index (Phi) is 4.16. The molecule has 0 bridgehead atoms. The summed E-state index contributed by atoms with van der Waals surface area (Å²) in [6, 6.07) is 3.09. The van der Waals surface area contributed by atoms with Gasteiger partial charge in [0.15, 0.2) is 5.78 Å². The SMILES string of the molecule is CCOC(=O)C(C)(C)C(=O)c1c(F)cccc1F. The number of halogens is 2. The third-order valence-corrected chi connectivity index (χ3v) is 2.54. The molecule has 0 fully saturated rings. The largest absolute Gasteiger partial charge is 0.465 e. The predicted molar refractivity (Wildman–Crippen MR) is 61.1 cm³/mol. The molecule has 98 valence electrons. The molecule has 1 rings (SSSR count). The molecule has 0 saturated carbocycles. The number of carbonyl (C=O) groups is 2. The molecule has 0 unspecified atom stereocenters. The molecule has 0 aliphatic heterocycles. The van der Waals surface area contributed by atoms with Gasteiger partial charge in [0.05, 0.1) is 12.2 Å². The van der Waals surface area contributed by atoms with Crippen LogP contribution in [0, 0.1) is 17.0 Å². The summed E-state index contributed by atoms with van der Waals surface area (Å²) in [7, 11) is 0. The minimum atomic E-state index is -1.63. The topological polar surface area (TPSA) is 43.4 Å². The van der Waals surface area contributed by atoms with E-state index in [1.165, 1.54) is 13.8 Å². The highest BCUT2D eigenvalue weighted by molar-refractivity contribution is 6.12. The van der Waals surface area contributed by atoms with Gasteiger partial charge in [0, 0.05) is 0 Å². The zero-order chi connectivity index (χ0) is 13.9. The molecule has 0 heterocycles. The number of ketones is 1. The number of hydrogen-bond acceptors (Lipinski definition) is 3. The predicted octanol–water partition coefficient (Wildman–Crippen LogP) is 2.74. The van der Waals surface area contributed by atoms with Crippen LogP contribution >= 0.6 is 0 Å². The van der Waals surface area contributed by atoms with Crippen LogP contribution in [0.1, 0.15) is 31.1 Å². The molecule has 0 spiro atoms. The smallest absolute Gasteiger partial charge is 0.319 e. The molecular formula is C13H14F2O3. The monoisotopic (exact) mass is 256 g/mol. The second kappa shape index (κ2) is 5.25. The van der Waals surface area contributed by atoms with Crippen LogP contribution in [0.15, 0.2) is 18.2 Å². The van der Waals surface area contributed by atoms with Gasteiger partial charge in [-0.3, -0.25) is 9.59 Å². The average molecular weight is 256 g/mol. The van der Waals surface area contributed by atoms with E-state index in [0.29, 0.717) is 0 Å². The number of carbonyl (C=O) groups excluding carboxylic acids is 2. The third kappa shape index (κ3) is 2.55. The Labute approximate surface area is 104 Å². The molecule has 5 heteroatoms. The van der Waals surface area contributed by atoms with Crippen molar-refractivity contribution in [1.82, 2.24) is 0 Å². The van der Waals surface area contributed by atoms with Gasteiger partial charge in [-0.25, -0.2) is 8.78 Å². The van der Waals surface area contributed by atoms with Crippen LogP contribution < -0.4 is 0 Å². The lowest BCUT2D eigenvalue weighted by Crippen LogP contribution is -2.36. The van der Waals surface area contributed by atoms with Crippen LogP contribution in [0.25, 0.3) is 0 Å². The van der Waals surface area contributed by atoms with E-state index in [1.54, 1.807) is 6.92 Å². The highest BCUT2D eigenvalue weighted by Crippen LogP contribution is 2.26. The van der Waals surface area contributed by atoms with Crippen LogP contribution in [0.3, 0.4) is 0 Å². The van der Waals surface area contributed by atoms with Crippen molar-refractivity contribution in [2.45, 2.75) is 20.8 Å². The van der Waals surface area contributed by atoms with E-state index in [1.807, 2.05) is 0 Å². The summed E-state index contributed by atoms with van der Waals surface area (Å²) in [4.78, 5) is 23.7. The van der Waals surface area contributed by atoms with Gasteiger partial charge in [0.2, 0.25) is 0 Å². The van der Waals surface area contributed by atoms with Crippen LogP contribution in [-0.2, 0) is 9.53 Å². The van der Waals surface area contributed by atoms with Crippen molar-refractivity contribution in [2.75, 3.05) is 6.61 Å². The van der Waals surface area contributed by atoms with Crippen molar-refractivity contribution >= 4 is 11.8 Å². The van der Waals surface area contributed by atoms with Crippen molar-refractivity contribution < 1.29 is 23.1 Å². The van der Waals surface area contributed by atoms with Crippen LogP contribution in [-0.4, -0.2) is 18.4 Å². The van der Waals surface area contributed by atoms with Gasteiger partial charge in [-0.15, -0.1) is 0 Å². The summed E-state index contributed by atoms with van der Waals surface area (Å²) in [5.74, 6) is -3.72. The number of hydrogen-bond donors (Lipinski definition) is 0. The van der Waals surface area contributed by atoms with Gasteiger partial charge < -0.3 is 4.74 Å². The number of ether oxygens (including phenoxy) is 1. The Morgan fingerprint density at radius 1 is 1.22 bits per heavy atom. The number of benzene rings is 1.